The van der Waals surface area contributed by atoms with Crippen molar-refractivity contribution in [3.63, 3.8) is 0 Å². The quantitative estimate of drug-likeness (QED) is 0.140. The summed E-state index contributed by atoms with van der Waals surface area (Å²) in [6.45, 7) is 2.16. The highest BCUT2D eigenvalue weighted by atomic mass is 16.7. The Labute approximate surface area is 320 Å². The number of benzene rings is 4. The normalized spacial score (nSPS) is 13.4. The Kier molecular flexibility index (Phi) is 8.70. The number of aromatic hydroxyl groups is 2. The standard InChI is InChI=1S/C44H30O13/c1-2-51-28-8-11-35-30(20-28)26(18-40(49)54-35)21-52-44-32-15-25(14-24-17-39(48)55-37-5-3-4-33(46)41(24)37)43(50)57-42(32)31-13-22(6-9-36(31)56-44)12-23-16-38(47)53-34-10-7-27(45)19-29(23)34/h3-11,13,15-20,44-46H,2,12,14,21H2,1H3. The van der Waals surface area contributed by atoms with E-state index in [1.54, 1.807) is 54.6 Å². The molecule has 4 aromatic heterocycles. The van der Waals surface area contributed by atoms with Gasteiger partial charge in [0.05, 0.1) is 29.7 Å². The first kappa shape index (κ1) is 35.3. The molecule has 13 heteroatoms. The lowest BCUT2D eigenvalue weighted by molar-refractivity contribution is -0.0952. The second kappa shape index (κ2) is 14.0. The van der Waals surface area contributed by atoms with Crippen molar-refractivity contribution in [1.82, 2.24) is 0 Å². The van der Waals surface area contributed by atoms with Gasteiger partial charge in [0.15, 0.2) is 5.76 Å². The van der Waals surface area contributed by atoms with Crippen molar-refractivity contribution < 1.29 is 42.1 Å². The topological polar surface area (TPSA) is 189 Å². The summed E-state index contributed by atoms with van der Waals surface area (Å²) >= 11 is 0. The summed E-state index contributed by atoms with van der Waals surface area (Å²) in [5.74, 6) is 0.932. The van der Waals surface area contributed by atoms with E-state index in [0.717, 1.165) is 5.56 Å². The van der Waals surface area contributed by atoms with Gasteiger partial charge in [-0.15, -0.1) is 0 Å². The average Bonchev–Trinajstić information content (AvgIpc) is 3.17. The van der Waals surface area contributed by atoms with Gasteiger partial charge < -0.3 is 42.1 Å². The number of rotatable bonds is 9. The second-order valence-corrected chi connectivity index (χ2v) is 13.5. The van der Waals surface area contributed by atoms with E-state index in [4.69, 9.17) is 31.9 Å². The molecule has 284 valence electrons. The highest BCUT2D eigenvalue weighted by Gasteiger charge is 2.31. The number of ether oxygens (including phenoxy) is 3. The van der Waals surface area contributed by atoms with Gasteiger partial charge in [-0.1, -0.05) is 12.1 Å². The summed E-state index contributed by atoms with van der Waals surface area (Å²) in [5, 5.41) is 22.3. The van der Waals surface area contributed by atoms with E-state index in [9.17, 15) is 29.4 Å². The third kappa shape index (κ3) is 6.70. The highest BCUT2D eigenvalue weighted by molar-refractivity contribution is 5.87. The molecule has 1 unspecified atom stereocenters. The number of hydrogen-bond acceptors (Lipinski definition) is 13. The first-order valence-electron chi connectivity index (χ1n) is 17.9. The molecule has 0 aliphatic carbocycles. The zero-order chi connectivity index (χ0) is 39.4. The Bertz CT molecular complexity index is 3150. The van der Waals surface area contributed by atoms with Gasteiger partial charge >= 0.3 is 22.5 Å². The van der Waals surface area contributed by atoms with Crippen LogP contribution in [0.1, 0.15) is 46.6 Å². The van der Waals surface area contributed by atoms with Crippen molar-refractivity contribution in [3.8, 4) is 34.3 Å². The molecule has 0 spiro atoms. The van der Waals surface area contributed by atoms with Crippen LogP contribution in [0.5, 0.6) is 23.0 Å². The summed E-state index contributed by atoms with van der Waals surface area (Å²) < 4.78 is 40.6. The Hall–Kier alpha value is -7.38. The average molecular weight is 767 g/mol. The van der Waals surface area contributed by atoms with Gasteiger partial charge in [-0.25, -0.2) is 19.2 Å². The Morgan fingerprint density at radius 2 is 1.37 bits per heavy atom. The summed E-state index contributed by atoms with van der Waals surface area (Å²) in [6, 6.07) is 24.8. The number of hydrogen-bond donors (Lipinski definition) is 2. The van der Waals surface area contributed by atoms with E-state index in [1.165, 1.54) is 42.5 Å². The van der Waals surface area contributed by atoms with Crippen LogP contribution < -0.4 is 32.0 Å². The van der Waals surface area contributed by atoms with Crippen LogP contribution in [0.3, 0.4) is 0 Å². The lowest BCUT2D eigenvalue weighted by atomic mass is 9.95. The van der Waals surface area contributed by atoms with Crippen molar-refractivity contribution in [2.24, 2.45) is 0 Å². The molecule has 1 aliphatic rings. The predicted octanol–water partition coefficient (Wildman–Crippen LogP) is 7.23. The first-order chi connectivity index (χ1) is 27.6. The van der Waals surface area contributed by atoms with Gasteiger partial charge in [0.25, 0.3) is 0 Å². The minimum Gasteiger partial charge on any atom is -0.508 e. The maximum absolute atomic E-state index is 13.8. The predicted molar refractivity (Wildman–Crippen MR) is 206 cm³/mol. The molecule has 9 rings (SSSR count). The van der Waals surface area contributed by atoms with Crippen molar-refractivity contribution >= 4 is 32.9 Å². The zero-order valence-electron chi connectivity index (χ0n) is 30.0. The van der Waals surface area contributed by atoms with E-state index in [2.05, 4.69) is 0 Å². The van der Waals surface area contributed by atoms with E-state index in [0.29, 0.717) is 67.9 Å². The van der Waals surface area contributed by atoms with Gasteiger partial charge in [-0.2, -0.15) is 0 Å². The maximum Gasteiger partial charge on any atom is 0.339 e. The van der Waals surface area contributed by atoms with Crippen molar-refractivity contribution in [3.05, 3.63) is 172 Å². The van der Waals surface area contributed by atoms with Crippen LogP contribution in [-0.4, -0.2) is 16.8 Å². The molecule has 57 heavy (non-hydrogen) atoms. The van der Waals surface area contributed by atoms with Gasteiger partial charge in [-0.05, 0) is 102 Å². The summed E-state index contributed by atoms with van der Waals surface area (Å²) in [6.07, 6.45) is -1.03. The first-order valence-corrected chi connectivity index (χ1v) is 17.9. The molecule has 4 aromatic carbocycles. The fourth-order valence-corrected chi connectivity index (χ4v) is 7.26. The van der Waals surface area contributed by atoms with E-state index < -0.39 is 28.8 Å². The van der Waals surface area contributed by atoms with Crippen LogP contribution in [0.2, 0.25) is 0 Å². The van der Waals surface area contributed by atoms with Crippen LogP contribution in [-0.2, 0) is 24.2 Å². The van der Waals surface area contributed by atoms with Gasteiger partial charge in [-0.3, -0.25) is 0 Å². The lowest BCUT2D eigenvalue weighted by Crippen LogP contribution is -2.21. The van der Waals surface area contributed by atoms with Crippen LogP contribution >= 0.6 is 0 Å². The molecule has 0 radical (unpaired) electrons. The van der Waals surface area contributed by atoms with E-state index in [-0.39, 0.29) is 53.2 Å². The van der Waals surface area contributed by atoms with Crippen LogP contribution in [0.25, 0.3) is 44.2 Å². The molecule has 8 aromatic rings. The fourth-order valence-electron chi connectivity index (χ4n) is 7.26. The van der Waals surface area contributed by atoms with Gasteiger partial charge in [0.2, 0.25) is 6.29 Å². The highest BCUT2D eigenvalue weighted by Crippen LogP contribution is 2.44. The molecule has 0 fully saturated rings. The molecular formula is C44H30O13. The Balaban J connectivity index is 1.14. The molecule has 0 amide bonds. The molecular weight excluding hydrogens is 736 g/mol. The molecule has 2 N–H and O–H groups in total. The van der Waals surface area contributed by atoms with E-state index in [1.807, 2.05) is 6.92 Å². The van der Waals surface area contributed by atoms with E-state index >= 15 is 0 Å². The number of phenols is 2. The third-order valence-corrected chi connectivity index (χ3v) is 9.74. The molecule has 13 nitrogen and oxygen atoms in total. The monoisotopic (exact) mass is 766 g/mol. The summed E-state index contributed by atoms with van der Waals surface area (Å²) in [5.41, 5.74) is 1.34. The van der Waals surface area contributed by atoms with Crippen molar-refractivity contribution in [2.45, 2.75) is 32.7 Å². The SMILES string of the molecule is CCOc1ccc2oc(=O)cc(COC3Oc4ccc(Cc5cc(=O)oc6ccc(O)cc56)cc4-c4oc(=O)c(Cc5cc(=O)oc6cccc(O)c56)cc43)c2c1. The Morgan fingerprint density at radius 3 is 2.16 bits per heavy atom. The minimum atomic E-state index is -1.16. The number of phenolic OH excluding ortho intramolecular Hbond substituents is 2. The Morgan fingerprint density at radius 1 is 0.649 bits per heavy atom. The molecule has 1 atom stereocenters. The number of fused-ring (bicyclic) bond motifs is 6. The van der Waals surface area contributed by atoms with Crippen molar-refractivity contribution in [1.29, 1.82) is 0 Å². The lowest BCUT2D eigenvalue weighted by Gasteiger charge is -2.28. The van der Waals surface area contributed by atoms with Gasteiger partial charge in [0, 0.05) is 41.0 Å². The van der Waals surface area contributed by atoms with Crippen LogP contribution in [0.15, 0.2) is 134 Å². The largest absolute Gasteiger partial charge is 0.508 e. The van der Waals surface area contributed by atoms with Gasteiger partial charge in [0.1, 0.15) is 39.7 Å². The van der Waals surface area contributed by atoms with Crippen LogP contribution in [0.4, 0.5) is 0 Å². The van der Waals surface area contributed by atoms with Crippen LogP contribution in [0, 0.1) is 0 Å². The molecule has 5 heterocycles. The smallest absolute Gasteiger partial charge is 0.339 e. The van der Waals surface area contributed by atoms with Crippen molar-refractivity contribution in [2.75, 3.05) is 6.61 Å². The second-order valence-electron chi connectivity index (χ2n) is 13.5. The molecule has 0 saturated heterocycles. The molecule has 1 aliphatic heterocycles. The summed E-state index contributed by atoms with van der Waals surface area (Å²) in [4.78, 5) is 51.4. The fraction of sp³-hybridized carbons (Fsp3) is 0.136. The minimum absolute atomic E-state index is 0.00711. The summed E-state index contributed by atoms with van der Waals surface area (Å²) in [7, 11) is 0. The molecule has 0 bridgehead atoms. The molecule has 0 saturated carbocycles. The third-order valence-electron chi connectivity index (χ3n) is 9.74. The zero-order valence-corrected chi connectivity index (χ0v) is 30.0. The maximum atomic E-state index is 13.8.